The molecule has 0 atom stereocenters. The maximum atomic E-state index is 13.7. The number of carbonyl (C=O) groups is 1. The lowest BCUT2D eigenvalue weighted by Gasteiger charge is -2.09. The fourth-order valence-electron chi connectivity index (χ4n) is 1.47. The minimum absolute atomic E-state index is 0.137. The molecule has 0 saturated heterocycles. The van der Waals surface area contributed by atoms with Crippen molar-refractivity contribution in [3.05, 3.63) is 62.2 Å². The lowest BCUT2D eigenvalue weighted by Crippen LogP contribution is -2.15. The lowest BCUT2D eigenvalue weighted by molar-refractivity contribution is 0.102. The summed E-state index contributed by atoms with van der Waals surface area (Å²) in [6.45, 7) is 0. The van der Waals surface area contributed by atoms with E-state index in [-0.39, 0.29) is 19.8 Å². The molecule has 0 aliphatic carbocycles. The van der Waals surface area contributed by atoms with Crippen LogP contribution in [0.3, 0.4) is 0 Å². The van der Waals surface area contributed by atoms with Gasteiger partial charge < -0.3 is 5.32 Å². The molecule has 0 bridgehead atoms. The summed E-state index contributed by atoms with van der Waals surface area (Å²) in [5.41, 5.74) is 0.0949. The first-order valence-corrected chi connectivity index (χ1v) is 6.65. The molecule has 0 aliphatic heterocycles. The van der Waals surface area contributed by atoms with Crippen molar-refractivity contribution in [3.63, 3.8) is 0 Å². The molecule has 2 rings (SSSR count). The summed E-state index contributed by atoms with van der Waals surface area (Å²) in [7, 11) is 0. The molecule has 0 aliphatic rings. The van der Waals surface area contributed by atoms with Crippen LogP contribution in [-0.2, 0) is 0 Å². The Kier molecular flexibility index (Phi) is 4.36. The van der Waals surface area contributed by atoms with Gasteiger partial charge in [-0.3, -0.25) is 4.79 Å². The molecule has 2 aromatic carbocycles. The second-order valence-corrected chi connectivity index (χ2v) is 5.14. The Balaban J connectivity index is 2.31. The van der Waals surface area contributed by atoms with Crippen LogP contribution in [0.4, 0.5) is 14.5 Å². The van der Waals surface area contributed by atoms with Gasteiger partial charge in [-0.1, -0.05) is 23.7 Å². The highest BCUT2D eigenvalue weighted by Crippen LogP contribution is 2.23. The van der Waals surface area contributed by atoms with Crippen molar-refractivity contribution in [1.82, 2.24) is 0 Å². The van der Waals surface area contributed by atoms with Crippen molar-refractivity contribution in [2.24, 2.45) is 0 Å². The Morgan fingerprint density at radius 1 is 1.16 bits per heavy atom. The highest BCUT2D eigenvalue weighted by Gasteiger charge is 2.15. The molecule has 0 heterocycles. The first-order valence-electron chi connectivity index (χ1n) is 5.20. The monoisotopic (exact) mass is 393 g/mol. The van der Waals surface area contributed by atoms with E-state index < -0.39 is 17.5 Å². The first kappa shape index (κ1) is 14.2. The first-order chi connectivity index (χ1) is 9.00. The van der Waals surface area contributed by atoms with E-state index in [1.54, 1.807) is 22.6 Å². The van der Waals surface area contributed by atoms with Gasteiger partial charge >= 0.3 is 0 Å². The number of anilines is 1. The van der Waals surface area contributed by atoms with Gasteiger partial charge in [0.1, 0.15) is 5.82 Å². The van der Waals surface area contributed by atoms with Crippen molar-refractivity contribution in [3.8, 4) is 0 Å². The van der Waals surface area contributed by atoms with Crippen LogP contribution in [0.5, 0.6) is 0 Å². The maximum absolute atomic E-state index is 13.7. The van der Waals surface area contributed by atoms with E-state index >= 15 is 0 Å². The minimum Gasteiger partial charge on any atom is -0.321 e. The molecule has 0 aromatic heterocycles. The van der Waals surface area contributed by atoms with Crippen molar-refractivity contribution < 1.29 is 13.6 Å². The van der Waals surface area contributed by atoms with Gasteiger partial charge in [0, 0.05) is 0 Å². The molecule has 2 nitrogen and oxygen atoms in total. The number of carbonyl (C=O) groups excluding carboxylic acids is 1. The predicted molar refractivity (Wildman–Crippen MR) is 78.5 cm³/mol. The third-order valence-electron chi connectivity index (χ3n) is 2.40. The summed E-state index contributed by atoms with van der Waals surface area (Å²) in [5.74, 6) is -1.93. The Morgan fingerprint density at radius 3 is 2.58 bits per heavy atom. The third-order valence-corrected chi connectivity index (χ3v) is 3.78. The van der Waals surface area contributed by atoms with Crippen LogP contribution in [0.25, 0.3) is 0 Å². The zero-order valence-electron chi connectivity index (χ0n) is 9.38. The summed E-state index contributed by atoms with van der Waals surface area (Å²) in [6.07, 6.45) is 0. The molecule has 19 heavy (non-hydrogen) atoms. The summed E-state index contributed by atoms with van der Waals surface area (Å²) in [5, 5.41) is 2.31. The molecule has 0 radical (unpaired) electrons. The van der Waals surface area contributed by atoms with Crippen LogP contribution >= 0.6 is 34.2 Å². The highest BCUT2D eigenvalue weighted by molar-refractivity contribution is 14.1. The van der Waals surface area contributed by atoms with E-state index in [2.05, 4.69) is 5.32 Å². The van der Waals surface area contributed by atoms with Crippen LogP contribution in [0, 0.1) is 15.2 Å². The molecule has 1 N–H and O–H groups in total. The number of nitrogens with one attached hydrogen (secondary N) is 1. The van der Waals surface area contributed by atoms with E-state index in [4.69, 9.17) is 11.6 Å². The van der Waals surface area contributed by atoms with Gasteiger partial charge in [-0.15, -0.1) is 0 Å². The van der Waals surface area contributed by atoms with Crippen LogP contribution < -0.4 is 5.32 Å². The zero-order chi connectivity index (χ0) is 14.0. The number of hydrogen-bond donors (Lipinski definition) is 1. The summed E-state index contributed by atoms with van der Waals surface area (Å²) >= 11 is 7.36. The van der Waals surface area contributed by atoms with Crippen LogP contribution in [0.2, 0.25) is 5.02 Å². The van der Waals surface area contributed by atoms with E-state index in [1.807, 2.05) is 0 Å². The molecule has 0 unspecified atom stereocenters. The fraction of sp³-hybridized carbons (Fsp3) is 0. The summed E-state index contributed by atoms with van der Waals surface area (Å²) in [4.78, 5) is 11.9. The van der Waals surface area contributed by atoms with Crippen molar-refractivity contribution in [2.45, 2.75) is 0 Å². The SMILES string of the molecule is O=C(Nc1cccc(F)c1I)c1cccc(Cl)c1F. The highest BCUT2D eigenvalue weighted by atomic mass is 127. The minimum atomic E-state index is -0.798. The van der Waals surface area contributed by atoms with Crippen molar-refractivity contribution in [1.29, 1.82) is 0 Å². The van der Waals surface area contributed by atoms with Crippen molar-refractivity contribution >= 4 is 45.8 Å². The molecule has 0 fully saturated rings. The second kappa shape index (κ2) is 5.83. The van der Waals surface area contributed by atoms with Crippen LogP contribution in [-0.4, -0.2) is 5.91 Å². The molecule has 1 amide bonds. The predicted octanol–water partition coefficient (Wildman–Crippen LogP) is 4.48. The number of halogens is 4. The lowest BCUT2D eigenvalue weighted by atomic mass is 10.2. The Morgan fingerprint density at radius 2 is 1.84 bits per heavy atom. The van der Waals surface area contributed by atoms with Crippen LogP contribution in [0.1, 0.15) is 10.4 Å². The van der Waals surface area contributed by atoms with E-state index in [1.165, 1.54) is 36.4 Å². The molecular weight excluding hydrogens is 387 g/mol. The number of benzene rings is 2. The quantitative estimate of drug-likeness (QED) is 0.749. The van der Waals surface area contributed by atoms with E-state index in [9.17, 15) is 13.6 Å². The molecule has 98 valence electrons. The molecule has 0 saturated carbocycles. The van der Waals surface area contributed by atoms with E-state index in [0.29, 0.717) is 0 Å². The fourth-order valence-corrected chi connectivity index (χ4v) is 2.14. The van der Waals surface area contributed by atoms with Gasteiger partial charge in [-0.25, -0.2) is 8.78 Å². The van der Waals surface area contributed by atoms with Gasteiger partial charge in [-0.2, -0.15) is 0 Å². The smallest absolute Gasteiger partial charge is 0.258 e. The molecule has 6 heteroatoms. The van der Waals surface area contributed by atoms with Crippen LogP contribution in [0.15, 0.2) is 36.4 Å². The van der Waals surface area contributed by atoms with Gasteiger partial charge in [-0.05, 0) is 46.9 Å². The third kappa shape index (κ3) is 3.03. The summed E-state index contributed by atoms with van der Waals surface area (Å²) < 4.78 is 27.2. The van der Waals surface area contributed by atoms with E-state index in [0.717, 1.165) is 0 Å². The Hall–Kier alpha value is -1.21. The Bertz CT molecular complexity index is 649. The largest absolute Gasteiger partial charge is 0.321 e. The van der Waals surface area contributed by atoms with Gasteiger partial charge in [0.2, 0.25) is 0 Å². The standard InChI is InChI=1S/C13H7ClF2INO/c14-8-4-1-3-7(11(8)16)13(19)18-10-6-2-5-9(15)12(10)17/h1-6H,(H,18,19). The topological polar surface area (TPSA) is 29.1 Å². The Labute approximate surface area is 126 Å². The van der Waals surface area contributed by atoms with Gasteiger partial charge in [0.25, 0.3) is 5.91 Å². The average molecular weight is 394 g/mol. The van der Waals surface area contributed by atoms with Gasteiger partial charge in [0.15, 0.2) is 5.82 Å². The molecule has 2 aromatic rings. The number of rotatable bonds is 2. The molecular formula is C13H7ClF2INO. The van der Waals surface area contributed by atoms with Crippen molar-refractivity contribution in [2.75, 3.05) is 5.32 Å². The van der Waals surface area contributed by atoms with Gasteiger partial charge in [0.05, 0.1) is 19.8 Å². The maximum Gasteiger partial charge on any atom is 0.258 e. The second-order valence-electron chi connectivity index (χ2n) is 3.66. The summed E-state index contributed by atoms with van der Waals surface area (Å²) in [6, 6.07) is 8.39. The number of amides is 1. The number of hydrogen-bond acceptors (Lipinski definition) is 1. The zero-order valence-corrected chi connectivity index (χ0v) is 12.3. The molecule has 0 spiro atoms. The average Bonchev–Trinajstić information content (AvgIpc) is 2.38. The normalized spacial score (nSPS) is 10.3.